The number of hydrogen-bond acceptors (Lipinski definition) is 6. The van der Waals surface area contributed by atoms with Crippen LogP contribution in [0.3, 0.4) is 0 Å². The summed E-state index contributed by atoms with van der Waals surface area (Å²) in [6, 6.07) is 7.99. The van der Waals surface area contributed by atoms with Crippen molar-refractivity contribution in [1.29, 1.82) is 0 Å². The normalized spacial score (nSPS) is 23.1. The molecule has 1 aromatic heterocycles. The van der Waals surface area contributed by atoms with Gasteiger partial charge >= 0.3 is 0 Å². The summed E-state index contributed by atoms with van der Waals surface area (Å²) in [6.45, 7) is 3.34. The van der Waals surface area contributed by atoms with Crippen molar-refractivity contribution >= 4 is 29.1 Å². The van der Waals surface area contributed by atoms with Gasteiger partial charge in [0.1, 0.15) is 11.6 Å². The summed E-state index contributed by atoms with van der Waals surface area (Å²) in [5.41, 5.74) is -2.05. The zero-order valence-electron chi connectivity index (χ0n) is 23.8. The van der Waals surface area contributed by atoms with Crippen molar-refractivity contribution in [3.63, 3.8) is 0 Å². The Morgan fingerprint density at radius 2 is 1.79 bits per heavy atom. The summed E-state index contributed by atoms with van der Waals surface area (Å²) in [5.74, 6) is -0.936. The van der Waals surface area contributed by atoms with E-state index in [0.29, 0.717) is 27.6 Å². The van der Waals surface area contributed by atoms with Gasteiger partial charge in [0, 0.05) is 23.0 Å². The predicted molar refractivity (Wildman–Crippen MR) is 159 cm³/mol. The molecule has 10 heteroatoms. The van der Waals surface area contributed by atoms with Crippen LogP contribution in [0, 0.1) is 11.7 Å². The van der Waals surface area contributed by atoms with Gasteiger partial charge in [-0.1, -0.05) is 42.6 Å². The van der Waals surface area contributed by atoms with Crippen LogP contribution in [-0.2, 0) is 17.9 Å². The monoisotopic (exact) mass is 612 g/mol. The van der Waals surface area contributed by atoms with Gasteiger partial charge in [0.25, 0.3) is 5.91 Å². The number of benzene rings is 2. The molecular formula is C32H35Cl2FN4O3. The summed E-state index contributed by atoms with van der Waals surface area (Å²) >= 11 is 12.6. The van der Waals surface area contributed by atoms with E-state index in [1.54, 1.807) is 24.3 Å². The average Bonchev–Trinajstić information content (AvgIpc) is 3.17. The predicted octanol–water partition coefficient (Wildman–Crippen LogP) is 5.98. The number of amides is 1. The second kappa shape index (κ2) is 11.1. The van der Waals surface area contributed by atoms with E-state index < -0.39 is 23.1 Å². The molecule has 7 nitrogen and oxygen atoms in total. The number of fused-ring (bicyclic) bond motifs is 1. The zero-order chi connectivity index (χ0) is 29.8. The second-order valence-corrected chi connectivity index (χ2v) is 12.8. The number of nitrogens with zero attached hydrogens (tertiary/aromatic N) is 4. The highest BCUT2D eigenvalue weighted by molar-refractivity contribution is 6.31. The van der Waals surface area contributed by atoms with Gasteiger partial charge in [-0.2, -0.15) is 0 Å². The van der Waals surface area contributed by atoms with Crippen molar-refractivity contribution in [1.82, 2.24) is 19.8 Å². The lowest BCUT2D eigenvalue weighted by atomic mass is 9.73. The van der Waals surface area contributed by atoms with Gasteiger partial charge in [0.05, 0.1) is 28.3 Å². The molecule has 3 aromatic rings. The van der Waals surface area contributed by atoms with E-state index in [1.165, 1.54) is 23.4 Å². The van der Waals surface area contributed by atoms with Crippen molar-refractivity contribution < 1.29 is 19.4 Å². The van der Waals surface area contributed by atoms with Crippen LogP contribution in [0.25, 0.3) is 0 Å². The van der Waals surface area contributed by atoms with Gasteiger partial charge in [-0.25, -0.2) is 14.4 Å². The Bertz CT molecular complexity index is 1510. The summed E-state index contributed by atoms with van der Waals surface area (Å²) in [4.78, 5) is 26.0. The minimum atomic E-state index is -2.15. The number of piperidine rings is 1. The van der Waals surface area contributed by atoms with E-state index in [0.717, 1.165) is 50.8 Å². The van der Waals surface area contributed by atoms with Crippen LogP contribution in [0.1, 0.15) is 89.8 Å². The van der Waals surface area contributed by atoms with E-state index >= 15 is 4.39 Å². The first-order valence-corrected chi connectivity index (χ1v) is 15.4. The molecule has 2 aromatic carbocycles. The highest BCUT2D eigenvalue weighted by Crippen LogP contribution is 2.49. The van der Waals surface area contributed by atoms with Gasteiger partial charge < -0.3 is 15.1 Å². The van der Waals surface area contributed by atoms with Gasteiger partial charge in [0.15, 0.2) is 5.72 Å². The molecule has 0 bridgehead atoms. The van der Waals surface area contributed by atoms with Gasteiger partial charge in [-0.05, 0) is 99.5 Å². The number of carbonyl (C=O) groups excluding carboxylic acids is 1. The SMILES string of the molecule is CC[C@@](O)(c1cc(F)c2c(c1)C(=O)N(Cc1ncc(Cl)cn1)[C@@]2(O)c1ccc(Cl)c(C2CCC2)c1)C1CCN(C)CC1. The molecule has 3 heterocycles. The van der Waals surface area contributed by atoms with E-state index in [2.05, 4.69) is 14.9 Å². The smallest absolute Gasteiger partial charge is 0.257 e. The highest BCUT2D eigenvalue weighted by atomic mass is 35.5. The van der Waals surface area contributed by atoms with Crippen LogP contribution < -0.4 is 0 Å². The third-order valence-corrected chi connectivity index (χ3v) is 10.2. The van der Waals surface area contributed by atoms with E-state index in [1.807, 2.05) is 14.0 Å². The van der Waals surface area contributed by atoms with E-state index in [-0.39, 0.29) is 35.3 Å². The Hall–Kier alpha value is -2.62. The number of aliphatic hydroxyl groups is 2. The molecule has 2 atom stereocenters. The lowest BCUT2D eigenvalue weighted by Gasteiger charge is -2.41. The molecule has 1 amide bonds. The summed E-state index contributed by atoms with van der Waals surface area (Å²) < 4.78 is 16.4. The summed E-state index contributed by atoms with van der Waals surface area (Å²) in [5, 5.41) is 25.4. The Kier molecular flexibility index (Phi) is 7.81. The molecule has 0 spiro atoms. The first-order valence-electron chi connectivity index (χ1n) is 14.6. The topological polar surface area (TPSA) is 89.8 Å². The maximum Gasteiger partial charge on any atom is 0.257 e. The third kappa shape index (κ3) is 4.81. The van der Waals surface area contributed by atoms with Crippen molar-refractivity contribution in [3.8, 4) is 0 Å². The molecule has 2 aliphatic heterocycles. The fraction of sp³-hybridized carbons (Fsp3) is 0.469. The van der Waals surface area contributed by atoms with Gasteiger partial charge in [-0.3, -0.25) is 9.69 Å². The number of carbonyl (C=O) groups is 1. The van der Waals surface area contributed by atoms with Crippen molar-refractivity contribution in [2.75, 3.05) is 20.1 Å². The number of likely N-dealkylation sites (tertiary alicyclic amines) is 1. The first-order chi connectivity index (χ1) is 20.1. The Balaban J connectivity index is 1.49. The lowest BCUT2D eigenvalue weighted by Crippen LogP contribution is -2.45. The molecule has 1 aliphatic carbocycles. The minimum absolute atomic E-state index is 0.0152. The summed E-state index contributed by atoms with van der Waals surface area (Å²) in [6.07, 6.45) is 7.74. The van der Waals surface area contributed by atoms with Crippen LogP contribution in [0.5, 0.6) is 0 Å². The number of rotatable bonds is 7. The quantitative estimate of drug-likeness (QED) is 0.341. The largest absolute Gasteiger partial charge is 0.385 e. The molecular weight excluding hydrogens is 578 g/mol. The first kappa shape index (κ1) is 29.5. The van der Waals surface area contributed by atoms with Crippen molar-refractivity contribution in [2.45, 2.75) is 69.2 Å². The minimum Gasteiger partial charge on any atom is -0.385 e. The molecule has 2 N–H and O–H groups in total. The fourth-order valence-electron chi connectivity index (χ4n) is 6.86. The standard InChI is InChI=1S/C32H35Cl2FN4O3/c1-3-31(41,20-9-11-38(2)12-10-20)22-14-25-29(27(35)15-22)32(42,21-7-8-26(34)24(13-21)19-5-4-6-19)39(30(25)40)18-28-36-16-23(33)17-37-28/h7-8,13-17,19-20,41-42H,3-6,9-12,18H2,1-2H3/t31-,32+/m0/s1. The van der Waals surface area contributed by atoms with Crippen LogP contribution in [0.2, 0.25) is 10.0 Å². The van der Waals surface area contributed by atoms with Crippen molar-refractivity contribution in [2.24, 2.45) is 5.92 Å². The van der Waals surface area contributed by atoms with E-state index in [4.69, 9.17) is 23.2 Å². The highest BCUT2D eigenvalue weighted by Gasteiger charge is 2.53. The van der Waals surface area contributed by atoms with Crippen LogP contribution in [-0.4, -0.2) is 56.0 Å². The third-order valence-electron chi connectivity index (χ3n) is 9.65. The molecule has 42 heavy (non-hydrogen) atoms. The molecule has 3 aliphatic rings. The molecule has 0 radical (unpaired) electrons. The second-order valence-electron chi connectivity index (χ2n) is 12.0. The average molecular weight is 614 g/mol. The molecule has 1 saturated heterocycles. The molecule has 222 valence electrons. The number of aromatic nitrogens is 2. The van der Waals surface area contributed by atoms with Gasteiger partial charge in [0.2, 0.25) is 0 Å². The molecule has 0 unspecified atom stereocenters. The maximum absolute atomic E-state index is 16.4. The fourth-order valence-corrected chi connectivity index (χ4v) is 7.23. The molecule has 6 rings (SSSR count). The van der Waals surface area contributed by atoms with Crippen LogP contribution in [0.15, 0.2) is 42.7 Å². The zero-order valence-corrected chi connectivity index (χ0v) is 25.3. The Labute approximate surface area is 255 Å². The number of hydrogen-bond donors (Lipinski definition) is 2. The van der Waals surface area contributed by atoms with E-state index in [9.17, 15) is 15.0 Å². The Morgan fingerprint density at radius 3 is 2.40 bits per heavy atom. The molecule has 2 fully saturated rings. The Morgan fingerprint density at radius 1 is 1.10 bits per heavy atom. The number of halogens is 3. The lowest BCUT2D eigenvalue weighted by molar-refractivity contribution is -0.0578. The maximum atomic E-state index is 16.4. The van der Waals surface area contributed by atoms with Crippen LogP contribution >= 0.6 is 23.2 Å². The van der Waals surface area contributed by atoms with Gasteiger partial charge in [-0.15, -0.1) is 0 Å². The summed E-state index contributed by atoms with van der Waals surface area (Å²) in [7, 11) is 2.04. The molecule has 1 saturated carbocycles. The van der Waals surface area contributed by atoms with Crippen molar-refractivity contribution in [3.05, 3.63) is 92.2 Å². The van der Waals surface area contributed by atoms with Crippen LogP contribution in [0.4, 0.5) is 4.39 Å².